The van der Waals surface area contributed by atoms with Crippen LogP contribution in [0.5, 0.6) is 28.7 Å². The van der Waals surface area contributed by atoms with E-state index in [1.165, 1.54) is 6.92 Å². The Morgan fingerprint density at radius 1 is 0.776 bits per heavy atom. The Labute approximate surface area is 287 Å². The molecule has 0 saturated heterocycles. The molecule has 3 aromatic rings. The molecule has 0 heterocycles. The van der Waals surface area contributed by atoms with Crippen molar-refractivity contribution in [3.05, 3.63) is 68.9 Å². The monoisotopic (exact) mass is 673 g/mol. The highest BCUT2D eigenvalue weighted by Crippen LogP contribution is 2.50. The number of fused-ring (bicyclic) bond motifs is 4. The number of carbonyl (C=O) groups is 2. The van der Waals surface area contributed by atoms with Gasteiger partial charge in [0, 0.05) is 12.5 Å². The number of ether oxygens (including phenoxy) is 5. The minimum absolute atomic E-state index is 0.0984. The van der Waals surface area contributed by atoms with Gasteiger partial charge < -0.3 is 39.6 Å². The van der Waals surface area contributed by atoms with Crippen molar-refractivity contribution in [2.75, 3.05) is 40.9 Å². The van der Waals surface area contributed by atoms with Crippen LogP contribution in [0, 0.1) is 5.92 Å². The maximum atomic E-state index is 14.0. The van der Waals surface area contributed by atoms with Gasteiger partial charge in [0.15, 0.2) is 23.0 Å². The van der Waals surface area contributed by atoms with Gasteiger partial charge >= 0.3 is 0 Å². The molecular weight excluding hydrogens is 626 g/mol. The van der Waals surface area contributed by atoms with Crippen molar-refractivity contribution in [2.45, 2.75) is 71.0 Å². The van der Waals surface area contributed by atoms with Gasteiger partial charge in [-0.2, -0.15) is 0 Å². The van der Waals surface area contributed by atoms with E-state index in [0.717, 1.165) is 35.1 Å². The molecule has 0 aliphatic heterocycles. The third kappa shape index (κ3) is 6.97. The number of hydrogen-bond donors (Lipinski definition) is 3. The molecular formula is C38H47N3O8. The number of benzene rings is 2. The van der Waals surface area contributed by atoms with E-state index in [1.54, 1.807) is 47.7 Å². The number of rotatable bonds is 12. The fourth-order valence-corrected chi connectivity index (χ4v) is 7.04. The van der Waals surface area contributed by atoms with Gasteiger partial charge in [-0.15, -0.1) is 0 Å². The van der Waals surface area contributed by atoms with Gasteiger partial charge in [-0.3, -0.25) is 14.4 Å². The summed E-state index contributed by atoms with van der Waals surface area (Å²) in [5.41, 5.74) is 5.12. The zero-order chi connectivity index (χ0) is 35.4. The first-order valence-electron chi connectivity index (χ1n) is 16.7. The highest BCUT2D eigenvalue weighted by atomic mass is 16.5. The molecule has 2 amide bonds. The zero-order valence-electron chi connectivity index (χ0n) is 29.6. The van der Waals surface area contributed by atoms with E-state index in [9.17, 15) is 14.4 Å². The molecule has 0 bridgehead atoms. The summed E-state index contributed by atoms with van der Waals surface area (Å²) in [6.45, 7) is 5.47. The van der Waals surface area contributed by atoms with Crippen LogP contribution in [0.3, 0.4) is 0 Å². The largest absolute Gasteiger partial charge is 0.493 e. The van der Waals surface area contributed by atoms with Crippen LogP contribution in [0.15, 0.2) is 41.2 Å². The van der Waals surface area contributed by atoms with Gasteiger partial charge in [-0.1, -0.05) is 26.3 Å². The summed E-state index contributed by atoms with van der Waals surface area (Å²) in [5, 5.41) is 9.59. The van der Waals surface area contributed by atoms with E-state index in [2.05, 4.69) is 16.0 Å². The van der Waals surface area contributed by atoms with Crippen molar-refractivity contribution < 1.29 is 33.3 Å². The number of anilines is 1. The second-order valence-corrected chi connectivity index (χ2v) is 12.6. The third-order valence-electron chi connectivity index (χ3n) is 9.76. The Kier molecular flexibility index (Phi) is 10.9. The summed E-state index contributed by atoms with van der Waals surface area (Å²) in [6, 6.07) is 9.59. The predicted octanol–water partition coefficient (Wildman–Crippen LogP) is 5.51. The number of aryl methyl sites for hydroxylation is 2. The number of methoxy groups -OCH3 is 5. The first-order chi connectivity index (χ1) is 23.6. The van der Waals surface area contributed by atoms with E-state index < -0.39 is 12.1 Å². The summed E-state index contributed by atoms with van der Waals surface area (Å²) < 4.78 is 28.2. The smallest absolute Gasteiger partial charge is 0.243 e. The van der Waals surface area contributed by atoms with Crippen LogP contribution in [-0.2, 0) is 22.4 Å². The molecule has 0 radical (unpaired) electrons. The summed E-state index contributed by atoms with van der Waals surface area (Å²) in [7, 11) is 7.88. The van der Waals surface area contributed by atoms with Crippen molar-refractivity contribution in [1.29, 1.82) is 0 Å². The van der Waals surface area contributed by atoms with Crippen molar-refractivity contribution in [3.63, 3.8) is 0 Å². The van der Waals surface area contributed by atoms with Crippen molar-refractivity contribution in [2.24, 2.45) is 5.92 Å². The topological polar surface area (TPSA) is 133 Å². The predicted molar refractivity (Wildman–Crippen MR) is 188 cm³/mol. The van der Waals surface area contributed by atoms with Gasteiger partial charge in [0.05, 0.1) is 53.3 Å². The highest BCUT2D eigenvalue weighted by molar-refractivity contribution is 5.86. The quantitative estimate of drug-likeness (QED) is 0.228. The van der Waals surface area contributed by atoms with Crippen LogP contribution >= 0.6 is 0 Å². The molecule has 4 unspecified atom stereocenters. The van der Waals surface area contributed by atoms with Crippen LogP contribution in [0.4, 0.5) is 5.69 Å². The summed E-state index contributed by atoms with van der Waals surface area (Å²) in [4.78, 5) is 40.4. The molecule has 11 heteroatoms. The van der Waals surface area contributed by atoms with E-state index in [1.807, 2.05) is 38.1 Å². The molecule has 0 spiro atoms. The Morgan fingerprint density at radius 2 is 1.39 bits per heavy atom. The summed E-state index contributed by atoms with van der Waals surface area (Å²) in [6.07, 6.45) is 3.38. The molecule has 5 rings (SSSR count). The zero-order valence-corrected chi connectivity index (χ0v) is 29.6. The molecule has 0 saturated carbocycles. The Morgan fingerprint density at radius 3 is 2.00 bits per heavy atom. The van der Waals surface area contributed by atoms with Crippen LogP contribution in [-0.4, -0.2) is 53.4 Å². The number of hydrogen-bond acceptors (Lipinski definition) is 9. The van der Waals surface area contributed by atoms with Gasteiger partial charge in [0.25, 0.3) is 0 Å². The lowest BCUT2D eigenvalue weighted by atomic mass is 9.95. The van der Waals surface area contributed by atoms with E-state index in [0.29, 0.717) is 59.1 Å². The standard InChI is InChI=1S/C38H47N3O8/c1-9-20(2)35(38(44)41-27-13-10-22-16-31(45-4)32(46-5)19-25(22)27)40-29-15-12-24-26(18-30(29)43)28(39-21(3)42)14-11-23-17-33(47-6)36(48-7)37(49-8)34(23)24/h12,15-20,27-28,35H,9-11,13-14H2,1-8H3,(H,39,42)(H,40,43)(H,41,44). The molecule has 262 valence electrons. The van der Waals surface area contributed by atoms with E-state index >= 15 is 0 Å². The third-order valence-corrected chi connectivity index (χ3v) is 9.76. The molecule has 11 nitrogen and oxygen atoms in total. The van der Waals surface area contributed by atoms with Gasteiger partial charge in [-0.05, 0) is 89.8 Å². The minimum atomic E-state index is -0.693. The second kappa shape index (κ2) is 15.1. The summed E-state index contributed by atoms with van der Waals surface area (Å²) >= 11 is 0. The maximum Gasteiger partial charge on any atom is 0.243 e. The fraction of sp³-hybridized carbons (Fsp3) is 0.447. The van der Waals surface area contributed by atoms with Gasteiger partial charge in [0.2, 0.25) is 23.0 Å². The van der Waals surface area contributed by atoms with E-state index in [-0.39, 0.29) is 34.9 Å². The summed E-state index contributed by atoms with van der Waals surface area (Å²) in [5.74, 6) is 2.18. The molecule has 2 aliphatic rings. The first kappa shape index (κ1) is 35.4. The average Bonchev–Trinajstić information content (AvgIpc) is 3.33. The molecule has 0 aromatic heterocycles. The lowest BCUT2D eigenvalue weighted by molar-refractivity contribution is -0.123. The van der Waals surface area contributed by atoms with Crippen LogP contribution in [0.2, 0.25) is 0 Å². The molecule has 0 fully saturated rings. The highest BCUT2D eigenvalue weighted by Gasteiger charge is 2.33. The molecule has 3 aromatic carbocycles. The average molecular weight is 674 g/mol. The Hall–Kier alpha value is -4.93. The Balaban J connectivity index is 1.56. The van der Waals surface area contributed by atoms with Gasteiger partial charge in [-0.25, -0.2) is 0 Å². The lowest BCUT2D eigenvalue weighted by Gasteiger charge is -2.26. The van der Waals surface area contributed by atoms with E-state index in [4.69, 9.17) is 23.7 Å². The maximum absolute atomic E-state index is 14.0. The Bertz CT molecular complexity index is 1790. The molecule has 3 N–H and O–H groups in total. The van der Waals surface area contributed by atoms with Crippen molar-refractivity contribution in [3.8, 4) is 39.9 Å². The van der Waals surface area contributed by atoms with Crippen molar-refractivity contribution in [1.82, 2.24) is 10.6 Å². The van der Waals surface area contributed by atoms with Crippen LogP contribution < -0.4 is 45.1 Å². The van der Waals surface area contributed by atoms with Gasteiger partial charge in [0.1, 0.15) is 6.04 Å². The number of amides is 2. The lowest BCUT2D eigenvalue weighted by Crippen LogP contribution is -2.45. The number of carbonyl (C=O) groups excluding carboxylic acids is 2. The SMILES string of the molecule is CCC(C)C(Nc1ccc2c(cc1=O)C(NC(C)=O)CCc1cc(OC)c(OC)c(OC)c1-2)C(=O)NC1CCc2cc(OC)c(OC)cc21. The van der Waals surface area contributed by atoms with Crippen molar-refractivity contribution >= 4 is 17.5 Å². The normalized spacial score (nSPS) is 17.2. The minimum Gasteiger partial charge on any atom is -0.493 e. The van der Waals surface area contributed by atoms with Crippen LogP contribution in [0.1, 0.15) is 74.4 Å². The second-order valence-electron chi connectivity index (χ2n) is 12.6. The molecule has 49 heavy (non-hydrogen) atoms. The first-order valence-corrected chi connectivity index (χ1v) is 16.7. The van der Waals surface area contributed by atoms with Crippen LogP contribution in [0.25, 0.3) is 11.1 Å². The molecule has 2 aliphatic carbocycles. The molecule has 4 atom stereocenters. The number of nitrogens with one attached hydrogen (secondary N) is 3. The fourth-order valence-electron chi connectivity index (χ4n) is 7.04.